The molecular formula is C7H8OZn+2. The molecule has 0 fully saturated rings. The Bertz CT molecular complexity index is 165. The second-order valence-electron chi connectivity index (χ2n) is 1.79. The molecule has 0 aliphatic rings. The first kappa shape index (κ1) is 8.64. The van der Waals surface area contributed by atoms with Crippen LogP contribution in [0.1, 0.15) is 5.56 Å². The van der Waals surface area contributed by atoms with Crippen molar-refractivity contribution in [1.82, 2.24) is 0 Å². The van der Waals surface area contributed by atoms with Crippen molar-refractivity contribution in [2.75, 3.05) is 0 Å². The van der Waals surface area contributed by atoms with Crippen LogP contribution in [0.3, 0.4) is 0 Å². The molecule has 1 rings (SSSR count). The summed E-state index contributed by atoms with van der Waals surface area (Å²) in [5.41, 5.74) is 0.924. The van der Waals surface area contributed by atoms with Crippen LogP contribution in [0.5, 0.6) is 5.75 Å². The first-order valence-electron chi connectivity index (χ1n) is 2.55. The van der Waals surface area contributed by atoms with Gasteiger partial charge in [0.05, 0.1) is 0 Å². The summed E-state index contributed by atoms with van der Waals surface area (Å²) >= 11 is 0. The van der Waals surface area contributed by atoms with E-state index >= 15 is 0 Å². The maximum Gasteiger partial charge on any atom is 2.00 e. The van der Waals surface area contributed by atoms with Crippen molar-refractivity contribution < 1.29 is 24.6 Å². The molecule has 0 aromatic heterocycles. The first-order valence-corrected chi connectivity index (χ1v) is 2.55. The van der Waals surface area contributed by atoms with Gasteiger partial charge in [-0.25, -0.2) is 0 Å². The Morgan fingerprint density at radius 3 is 2.11 bits per heavy atom. The Hall–Kier alpha value is -0.357. The van der Waals surface area contributed by atoms with Gasteiger partial charge in [0.15, 0.2) is 0 Å². The summed E-state index contributed by atoms with van der Waals surface area (Å²) in [6, 6.07) is 7.25. The van der Waals surface area contributed by atoms with Crippen LogP contribution < -0.4 is 0 Å². The van der Waals surface area contributed by atoms with E-state index in [1.807, 2.05) is 25.1 Å². The number of benzene rings is 1. The van der Waals surface area contributed by atoms with Gasteiger partial charge in [-0.05, 0) is 18.6 Å². The van der Waals surface area contributed by atoms with Crippen LogP contribution in [0, 0.1) is 6.92 Å². The van der Waals surface area contributed by atoms with Crippen molar-refractivity contribution >= 4 is 0 Å². The van der Waals surface area contributed by atoms with Crippen LogP contribution in [0.4, 0.5) is 0 Å². The number of phenols is 1. The number of hydrogen-bond donors (Lipinski definition) is 1. The van der Waals surface area contributed by atoms with E-state index in [1.165, 1.54) is 0 Å². The van der Waals surface area contributed by atoms with Gasteiger partial charge in [-0.3, -0.25) is 0 Å². The first-order chi connectivity index (χ1) is 3.80. The zero-order valence-corrected chi connectivity index (χ0v) is 8.43. The SMILES string of the molecule is Cc1ccccc1O.[Zn+2]. The van der Waals surface area contributed by atoms with Crippen LogP contribution in [0.25, 0.3) is 0 Å². The summed E-state index contributed by atoms with van der Waals surface area (Å²) in [4.78, 5) is 0. The van der Waals surface area contributed by atoms with Crippen LogP contribution in [-0.2, 0) is 19.5 Å². The molecule has 2 heteroatoms. The monoisotopic (exact) mass is 172 g/mol. The van der Waals surface area contributed by atoms with Gasteiger partial charge in [0.2, 0.25) is 0 Å². The van der Waals surface area contributed by atoms with Crippen molar-refractivity contribution in [3.05, 3.63) is 29.8 Å². The van der Waals surface area contributed by atoms with Gasteiger partial charge in [-0.2, -0.15) is 0 Å². The van der Waals surface area contributed by atoms with E-state index in [4.69, 9.17) is 5.11 Å². The number of para-hydroxylation sites is 1. The summed E-state index contributed by atoms with van der Waals surface area (Å²) < 4.78 is 0. The molecule has 0 amide bonds. The van der Waals surface area contributed by atoms with Gasteiger partial charge in [-0.1, -0.05) is 18.2 Å². The van der Waals surface area contributed by atoms with Crippen molar-refractivity contribution in [2.45, 2.75) is 6.92 Å². The predicted molar refractivity (Wildman–Crippen MR) is 32.8 cm³/mol. The van der Waals surface area contributed by atoms with Gasteiger partial charge in [-0.15, -0.1) is 0 Å². The van der Waals surface area contributed by atoms with Crippen molar-refractivity contribution in [2.24, 2.45) is 0 Å². The van der Waals surface area contributed by atoms with Gasteiger partial charge in [0.25, 0.3) is 0 Å². The fraction of sp³-hybridized carbons (Fsp3) is 0.143. The fourth-order valence-electron chi connectivity index (χ4n) is 0.563. The van der Waals surface area contributed by atoms with Gasteiger partial charge < -0.3 is 5.11 Å². The molecule has 9 heavy (non-hydrogen) atoms. The van der Waals surface area contributed by atoms with E-state index in [-0.39, 0.29) is 19.5 Å². The summed E-state index contributed by atoms with van der Waals surface area (Å²) in [7, 11) is 0. The van der Waals surface area contributed by atoms with Crippen molar-refractivity contribution in [1.29, 1.82) is 0 Å². The average Bonchev–Trinajstić information content (AvgIpc) is 1.77. The minimum atomic E-state index is 0. The van der Waals surface area contributed by atoms with E-state index in [9.17, 15) is 0 Å². The quantitative estimate of drug-likeness (QED) is 0.592. The Morgan fingerprint density at radius 1 is 1.22 bits per heavy atom. The topological polar surface area (TPSA) is 20.2 Å². The molecule has 0 aliphatic heterocycles. The smallest absolute Gasteiger partial charge is 0.508 e. The number of rotatable bonds is 0. The zero-order chi connectivity index (χ0) is 5.98. The Labute approximate surface area is 67.5 Å². The average molecular weight is 174 g/mol. The second-order valence-corrected chi connectivity index (χ2v) is 1.79. The van der Waals surface area contributed by atoms with Crippen molar-refractivity contribution in [3.63, 3.8) is 0 Å². The molecule has 0 bridgehead atoms. The Balaban J connectivity index is 0.000000640. The van der Waals surface area contributed by atoms with E-state index in [2.05, 4.69) is 0 Å². The normalized spacial score (nSPS) is 8.11. The third kappa shape index (κ3) is 2.15. The van der Waals surface area contributed by atoms with Gasteiger partial charge in [0.1, 0.15) is 5.75 Å². The molecule has 0 saturated heterocycles. The summed E-state index contributed by atoms with van der Waals surface area (Å²) in [6.45, 7) is 1.87. The molecule has 1 N–H and O–H groups in total. The molecule has 1 nitrogen and oxygen atoms in total. The predicted octanol–water partition coefficient (Wildman–Crippen LogP) is 1.70. The van der Waals surface area contributed by atoms with Gasteiger partial charge >= 0.3 is 19.5 Å². The van der Waals surface area contributed by atoms with Gasteiger partial charge in [0, 0.05) is 0 Å². The minimum Gasteiger partial charge on any atom is -0.508 e. The third-order valence-corrected chi connectivity index (χ3v) is 1.12. The van der Waals surface area contributed by atoms with Crippen LogP contribution in [-0.4, -0.2) is 5.11 Å². The number of aryl methyl sites for hydroxylation is 1. The number of hydrogen-bond acceptors (Lipinski definition) is 1. The van der Waals surface area contributed by atoms with Crippen LogP contribution >= 0.6 is 0 Å². The molecule has 0 heterocycles. The number of aromatic hydroxyl groups is 1. The summed E-state index contributed by atoms with van der Waals surface area (Å²) in [6.07, 6.45) is 0. The summed E-state index contributed by atoms with van der Waals surface area (Å²) in [5.74, 6) is 0.368. The molecule has 0 unspecified atom stereocenters. The van der Waals surface area contributed by atoms with E-state index in [1.54, 1.807) is 6.07 Å². The maximum atomic E-state index is 8.92. The number of phenolic OH excluding ortho intramolecular Hbond substituents is 1. The Morgan fingerprint density at radius 2 is 1.78 bits per heavy atom. The van der Waals surface area contributed by atoms with E-state index in [0.29, 0.717) is 5.75 Å². The molecular weight excluding hydrogens is 165 g/mol. The standard InChI is InChI=1S/C7H8O.Zn/c1-6-4-2-3-5-7(6)8;/h2-5,8H,1H3;/q;+2. The fourth-order valence-corrected chi connectivity index (χ4v) is 0.563. The molecule has 0 radical (unpaired) electrons. The van der Waals surface area contributed by atoms with Crippen LogP contribution in [0.15, 0.2) is 24.3 Å². The Kier molecular flexibility index (Phi) is 3.48. The van der Waals surface area contributed by atoms with Crippen molar-refractivity contribution in [3.8, 4) is 5.75 Å². The molecule has 0 aliphatic carbocycles. The van der Waals surface area contributed by atoms with Crippen LogP contribution in [0.2, 0.25) is 0 Å². The minimum absolute atomic E-state index is 0. The third-order valence-electron chi connectivity index (χ3n) is 1.12. The maximum absolute atomic E-state index is 8.92. The molecule has 0 saturated carbocycles. The molecule has 1 aromatic carbocycles. The zero-order valence-electron chi connectivity index (χ0n) is 5.46. The van der Waals surface area contributed by atoms with E-state index < -0.39 is 0 Å². The molecule has 1 aromatic rings. The molecule has 0 atom stereocenters. The largest absolute Gasteiger partial charge is 2.00 e. The van der Waals surface area contributed by atoms with E-state index in [0.717, 1.165) is 5.56 Å². The molecule has 42 valence electrons. The second kappa shape index (κ2) is 3.63. The molecule has 0 spiro atoms. The summed E-state index contributed by atoms with van der Waals surface area (Å²) in [5, 5.41) is 8.92.